The average molecular weight is 301 g/mol. The van der Waals surface area contributed by atoms with Gasteiger partial charge in [-0.15, -0.1) is 0 Å². The van der Waals surface area contributed by atoms with Crippen LogP contribution < -0.4 is 5.32 Å². The fourth-order valence-electron chi connectivity index (χ4n) is 2.16. The van der Waals surface area contributed by atoms with Crippen molar-refractivity contribution in [3.63, 3.8) is 0 Å². The van der Waals surface area contributed by atoms with Crippen molar-refractivity contribution in [3.8, 4) is 0 Å². The Bertz CT molecular complexity index is 319. The molecule has 0 spiro atoms. The van der Waals surface area contributed by atoms with Gasteiger partial charge >= 0.3 is 0 Å². The third-order valence-corrected chi connectivity index (χ3v) is 3.41. The zero-order valence-electron chi connectivity index (χ0n) is 13.1. The van der Waals surface area contributed by atoms with Crippen LogP contribution in [0.1, 0.15) is 13.3 Å². The number of hydrogen-bond acceptors (Lipinski definition) is 5. The predicted octanol–water partition coefficient (Wildman–Crippen LogP) is -0.680. The van der Waals surface area contributed by atoms with Crippen LogP contribution in [0, 0.1) is 0 Å². The molecular formula is C14H27N3O4. The van der Waals surface area contributed by atoms with E-state index in [1.807, 2.05) is 0 Å². The van der Waals surface area contributed by atoms with Crippen molar-refractivity contribution in [1.82, 2.24) is 15.1 Å². The first-order valence-corrected chi connectivity index (χ1v) is 7.44. The molecule has 0 unspecified atom stereocenters. The molecule has 1 fully saturated rings. The third-order valence-electron chi connectivity index (χ3n) is 3.41. The van der Waals surface area contributed by atoms with E-state index < -0.39 is 0 Å². The number of amides is 2. The molecule has 0 bridgehead atoms. The van der Waals surface area contributed by atoms with Gasteiger partial charge in [0.1, 0.15) is 0 Å². The minimum Gasteiger partial charge on any atom is -0.385 e. The van der Waals surface area contributed by atoms with Crippen LogP contribution in [0.3, 0.4) is 0 Å². The van der Waals surface area contributed by atoms with E-state index in [0.29, 0.717) is 19.7 Å². The van der Waals surface area contributed by atoms with E-state index in [1.165, 1.54) is 6.92 Å². The molecule has 7 nitrogen and oxygen atoms in total. The van der Waals surface area contributed by atoms with E-state index in [9.17, 15) is 9.59 Å². The Morgan fingerprint density at radius 2 is 2.05 bits per heavy atom. The highest BCUT2D eigenvalue weighted by molar-refractivity contribution is 5.83. The molecule has 2 amide bonds. The first-order valence-electron chi connectivity index (χ1n) is 7.44. The highest BCUT2D eigenvalue weighted by atomic mass is 16.5. The number of ether oxygens (including phenoxy) is 2. The van der Waals surface area contributed by atoms with Crippen LogP contribution in [0.5, 0.6) is 0 Å². The maximum Gasteiger partial charge on any atom is 0.239 e. The van der Waals surface area contributed by atoms with E-state index in [0.717, 1.165) is 39.3 Å². The van der Waals surface area contributed by atoms with Crippen LogP contribution in [-0.4, -0.2) is 87.8 Å². The molecule has 1 heterocycles. The van der Waals surface area contributed by atoms with Crippen LogP contribution >= 0.6 is 0 Å². The molecule has 7 heteroatoms. The monoisotopic (exact) mass is 301 g/mol. The molecule has 0 radical (unpaired) electrons. The Kier molecular flexibility index (Phi) is 8.96. The summed E-state index contributed by atoms with van der Waals surface area (Å²) in [7, 11) is 1.62. The quantitative estimate of drug-likeness (QED) is 0.571. The molecule has 0 aliphatic carbocycles. The van der Waals surface area contributed by atoms with E-state index >= 15 is 0 Å². The second-order valence-electron chi connectivity index (χ2n) is 5.09. The summed E-state index contributed by atoms with van der Waals surface area (Å²) in [6, 6.07) is 0. The van der Waals surface area contributed by atoms with E-state index in [1.54, 1.807) is 12.0 Å². The van der Waals surface area contributed by atoms with Gasteiger partial charge in [0.25, 0.3) is 0 Å². The lowest BCUT2D eigenvalue weighted by molar-refractivity contribution is -0.134. The summed E-state index contributed by atoms with van der Waals surface area (Å²) in [5, 5.41) is 2.86. The molecule has 1 aliphatic heterocycles. The summed E-state index contributed by atoms with van der Waals surface area (Å²) in [4.78, 5) is 27.1. The minimum atomic E-state index is -0.115. The highest BCUT2D eigenvalue weighted by Crippen LogP contribution is 1.96. The molecule has 0 atom stereocenters. The van der Waals surface area contributed by atoms with Gasteiger partial charge in [-0.05, 0) is 6.42 Å². The molecule has 0 aromatic heterocycles. The molecule has 1 rings (SSSR count). The molecule has 1 saturated heterocycles. The molecule has 1 N–H and O–H groups in total. The lowest BCUT2D eigenvalue weighted by Crippen LogP contribution is -2.44. The summed E-state index contributed by atoms with van der Waals surface area (Å²) >= 11 is 0. The van der Waals surface area contributed by atoms with Gasteiger partial charge in [-0.25, -0.2) is 0 Å². The van der Waals surface area contributed by atoms with Gasteiger partial charge in [0.05, 0.1) is 19.8 Å². The summed E-state index contributed by atoms with van der Waals surface area (Å²) < 4.78 is 10.2. The molecule has 1 aliphatic rings. The number of nitrogens with zero attached hydrogens (tertiary/aromatic N) is 2. The zero-order chi connectivity index (χ0) is 15.5. The Morgan fingerprint density at radius 3 is 2.67 bits per heavy atom. The summed E-state index contributed by atoms with van der Waals surface area (Å²) in [5.41, 5.74) is 0. The standard InChI is InChI=1S/C14H27N3O4/c1-13(18)17(5-3-9-20-2)12-14(19)15-4-6-16-7-10-21-11-8-16/h3-12H2,1-2H3,(H,15,19). The van der Waals surface area contributed by atoms with Crippen molar-refractivity contribution >= 4 is 11.8 Å². The second kappa shape index (κ2) is 10.5. The van der Waals surface area contributed by atoms with Crippen molar-refractivity contribution in [2.24, 2.45) is 0 Å². The number of morpholine rings is 1. The van der Waals surface area contributed by atoms with Gasteiger partial charge in [0.15, 0.2) is 0 Å². The van der Waals surface area contributed by atoms with Crippen LogP contribution in [0.4, 0.5) is 0 Å². The van der Waals surface area contributed by atoms with Gasteiger partial charge in [-0.1, -0.05) is 0 Å². The van der Waals surface area contributed by atoms with Gasteiger partial charge < -0.3 is 19.7 Å². The second-order valence-corrected chi connectivity index (χ2v) is 5.09. The zero-order valence-corrected chi connectivity index (χ0v) is 13.1. The van der Waals surface area contributed by atoms with Crippen molar-refractivity contribution in [2.45, 2.75) is 13.3 Å². The topological polar surface area (TPSA) is 71.1 Å². The summed E-state index contributed by atoms with van der Waals surface area (Å²) in [6.45, 7) is 7.47. The van der Waals surface area contributed by atoms with Crippen molar-refractivity contribution in [2.75, 3.05) is 66.2 Å². The van der Waals surface area contributed by atoms with Crippen molar-refractivity contribution in [3.05, 3.63) is 0 Å². The Hall–Kier alpha value is -1.18. The molecule has 21 heavy (non-hydrogen) atoms. The van der Waals surface area contributed by atoms with Gasteiger partial charge in [0.2, 0.25) is 11.8 Å². The smallest absolute Gasteiger partial charge is 0.239 e. The Labute approximate surface area is 126 Å². The van der Waals surface area contributed by atoms with Crippen LogP contribution in [0.25, 0.3) is 0 Å². The number of nitrogens with one attached hydrogen (secondary N) is 1. The number of rotatable bonds is 9. The highest BCUT2D eigenvalue weighted by Gasteiger charge is 2.14. The fraction of sp³-hybridized carbons (Fsp3) is 0.857. The first kappa shape index (κ1) is 17.9. The summed E-state index contributed by atoms with van der Waals surface area (Å²) in [5.74, 6) is -0.203. The van der Waals surface area contributed by atoms with Gasteiger partial charge in [-0.3, -0.25) is 14.5 Å². The van der Waals surface area contributed by atoms with Crippen LogP contribution in [0.2, 0.25) is 0 Å². The maximum atomic E-state index is 11.9. The summed E-state index contributed by atoms with van der Waals surface area (Å²) in [6.07, 6.45) is 0.733. The van der Waals surface area contributed by atoms with E-state index in [2.05, 4.69) is 10.2 Å². The predicted molar refractivity (Wildman–Crippen MR) is 79.0 cm³/mol. The molecule has 122 valence electrons. The fourth-order valence-corrected chi connectivity index (χ4v) is 2.16. The normalized spacial score (nSPS) is 15.7. The minimum absolute atomic E-state index is 0.0885. The lowest BCUT2D eigenvalue weighted by Gasteiger charge is -2.26. The average Bonchev–Trinajstić information content (AvgIpc) is 2.47. The van der Waals surface area contributed by atoms with Gasteiger partial charge in [0, 0.05) is 53.4 Å². The Morgan fingerprint density at radius 1 is 1.33 bits per heavy atom. The largest absolute Gasteiger partial charge is 0.385 e. The molecular weight excluding hydrogens is 274 g/mol. The van der Waals surface area contributed by atoms with Gasteiger partial charge in [-0.2, -0.15) is 0 Å². The van der Waals surface area contributed by atoms with E-state index in [-0.39, 0.29) is 18.4 Å². The maximum absolute atomic E-state index is 11.9. The third kappa shape index (κ3) is 7.99. The number of carbonyl (C=O) groups excluding carboxylic acids is 2. The molecule has 0 aromatic rings. The lowest BCUT2D eigenvalue weighted by atomic mass is 10.3. The van der Waals surface area contributed by atoms with E-state index in [4.69, 9.17) is 9.47 Å². The Balaban J connectivity index is 2.18. The number of methoxy groups -OCH3 is 1. The van der Waals surface area contributed by atoms with Crippen LogP contribution in [0.15, 0.2) is 0 Å². The first-order chi connectivity index (χ1) is 10.1. The number of carbonyl (C=O) groups is 2. The van der Waals surface area contributed by atoms with Crippen LogP contribution in [-0.2, 0) is 19.1 Å². The van der Waals surface area contributed by atoms with Crippen molar-refractivity contribution in [1.29, 1.82) is 0 Å². The molecule has 0 saturated carbocycles. The SMILES string of the molecule is COCCCN(CC(=O)NCCN1CCOCC1)C(C)=O. The van der Waals surface area contributed by atoms with Crippen molar-refractivity contribution < 1.29 is 19.1 Å². The molecule has 0 aromatic carbocycles. The number of hydrogen-bond donors (Lipinski definition) is 1.